The molecule has 40 heavy (non-hydrogen) atoms. The van der Waals surface area contributed by atoms with Gasteiger partial charge < -0.3 is 15.8 Å². The van der Waals surface area contributed by atoms with Gasteiger partial charge in [-0.2, -0.15) is 0 Å². The van der Waals surface area contributed by atoms with Crippen molar-refractivity contribution in [2.45, 2.75) is 26.9 Å². The normalized spacial score (nSPS) is 11.5. The zero-order valence-corrected chi connectivity index (χ0v) is 23.7. The summed E-state index contributed by atoms with van der Waals surface area (Å²) in [5.74, 6) is 1.33. The lowest BCUT2D eigenvalue weighted by molar-refractivity contribution is 0.272. The molecule has 0 amide bonds. The number of hydrogen-bond acceptors (Lipinski definition) is 6. The molecule has 3 N–H and O–H groups in total. The predicted octanol–water partition coefficient (Wildman–Crippen LogP) is 5.21. The Morgan fingerprint density at radius 1 is 1.00 bits per heavy atom. The van der Waals surface area contributed by atoms with Gasteiger partial charge in [0, 0.05) is 48.9 Å². The lowest BCUT2D eigenvalue weighted by atomic mass is 9.96. The zero-order valence-electron chi connectivity index (χ0n) is 23.0. The van der Waals surface area contributed by atoms with Crippen LogP contribution in [-0.2, 0) is 27.2 Å². The third kappa shape index (κ3) is 5.08. The molecule has 2 aromatic heterocycles. The molecule has 0 aliphatic carbocycles. The fourth-order valence-electron chi connectivity index (χ4n) is 4.88. The van der Waals surface area contributed by atoms with Crippen molar-refractivity contribution >= 4 is 39.2 Å². The Labute approximate surface area is 237 Å². The van der Waals surface area contributed by atoms with Crippen LogP contribution < -0.4 is 27.0 Å². The van der Waals surface area contributed by atoms with E-state index in [2.05, 4.69) is 49.5 Å². The number of ether oxygens (including phenoxy) is 1. The summed E-state index contributed by atoms with van der Waals surface area (Å²) in [6.07, 6.45) is 0. The molecule has 0 spiro atoms. The molecule has 2 heterocycles. The smallest absolute Gasteiger partial charge is 0.332 e. The minimum atomic E-state index is -0.473. The average Bonchev–Trinajstić information content (AvgIpc) is 2.96. The van der Waals surface area contributed by atoms with Gasteiger partial charge in [-0.15, -0.1) is 0 Å². The zero-order chi connectivity index (χ0) is 28.6. The van der Waals surface area contributed by atoms with Crippen LogP contribution in [0.25, 0.3) is 32.9 Å². The number of anilines is 1. The third-order valence-corrected chi connectivity index (χ3v) is 7.19. The number of halogens is 1. The van der Waals surface area contributed by atoms with Gasteiger partial charge in [0.05, 0.1) is 12.0 Å². The molecule has 0 fully saturated rings. The Bertz CT molecular complexity index is 1860. The first-order chi connectivity index (χ1) is 19.2. The van der Waals surface area contributed by atoms with Gasteiger partial charge in [0.2, 0.25) is 0 Å². The molecule has 0 aliphatic rings. The fraction of sp³-hybridized carbons (Fsp3) is 0.258. The highest BCUT2D eigenvalue weighted by molar-refractivity contribution is 6.31. The van der Waals surface area contributed by atoms with Gasteiger partial charge in [-0.05, 0) is 46.5 Å². The van der Waals surface area contributed by atoms with Crippen molar-refractivity contribution in [2.24, 2.45) is 25.7 Å². The molecule has 5 aromatic rings. The highest BCUT2D eigenvalue weighted by atomic mass is 35.5. The minimum Gasteiger partial charge on any atom is -0.493 e. The summed E-state index contributed by atoms with van der Waals surface area (Å²) >= 11 is 6.48. The standard InChI is InChI=1S/C31H32ClN5O3/c1-18(2)17-40-25-12-11-22(32)14-23(25)26-24(15-33)28(35-29-27(26)30(38)37(4)31(39)36(29)3)34-16-19-9-10-20-7-5-6-8-21(20)13-19/h5-14,18H,15-17,33H2,1-4H3,(H,34,35). The summed E-state index contributed by atoms with van der Waals surface area (Å²) in [6, 6.07) is 19.7. The van der Waals surface area contributed by atoms with Crippen LogP contribution in [0.2, 0.25) is 5.02 Å². The van der Waals surface area contributed by atoms with Gasteiger partial charge in [-0.25, -0.2) is 9.78 Å². The molecular weight excluding hydrogens is 526 g/mol. The molecule has 0 aliphatic heterocycles. The quantitative estimate of drug-likeness (QED) is 0.271. The number of pyridine rings is 1. The monoisotopic (exact) mass is 557 g/mol. The number of nitrogens with zero attached hydrogens (tertiary/aromatic N) is 3. The Hall–Kier alpha value is -4.14. The number of aromatic nitrogens is 3. The van der Waals surface area contributed by atoms with E-state index >= 15 is 0 Å². The molecular formula is C31H32ClN5O3. The molecule has 0 saturated heterocycles. The van der Waals surface area contributed by atoms with E-state index in [1.54, 1.807) is 25.2 Å². The van der Waals surface area contributed by atoms with Crippen LogP contribution in [0.5, 0.6) is 5.75 Å². The topological polar surface area (TPSA) is 104 Å². The molecule has 8 nitrogen and oxygen atoms in total. The van der Waals surface area contributed by atoms with Gasteiger partial charge in [0.25, 0.3) is 5.56 Å². The summed E-state index contributed by atoms with van der Waals surface area (Å²) < 4.78 is 8.63. The Morgan fingerprint density at radius 2 is 1.75 bits per heavy atom. The molecule has 0 saturated carbocycles. The van der Waals surface area contributed by atoms with E-state index in [1.807, 2.05) is 12.1 Å². The number of nitrogens with two attached hydrogens (primary N) is 1. The number of rotatable bonds is 8. The maximum Gasteiger partial charge on any atom is 0.332 e. The first kappa shape index (κ1) is 27.4. The van der Waals surface area contributed by atoms with Crippen LogP contribution in [0.3, 0.4) is 0 Å². The first-order valence-corrected chi connectivity index (χ1v) is 13.5. The van der Waals surface area contributed by atoms with Crippen molar-refractivity contribution in [3.63, 3.8) is 0 Å². The molecule has 0 atom stereocenters. The molecule has 206 valence electrons. The van der Waals surface area contributed by atoms with Crippen LogP contribution in [-0.4, -0.2) is 20.7 Å². The largest absolute Gasteiger partial charge is 0.493 e. The number of aryl methyl sites for hydroxylation is 1. The van der Waals surface area contributed by atoms with Crippen LogP contribution in [0.15, 0.2) is 70.3 Å². The van der Waals surface area contributed by atoms with Gasteiger partial charge in [0.1, 0.15) is 11.6 Å². The molecule has 0 radical (unpaired) electrons. The van der Waals surface area contributed by atoms with E-state index in [-0.39, 0.29) is 23.5 Å². The minimum absolute atomic E-state index is 0.0838. The summed E-state index contributed by atoms with van der Waals surface area (Å²) in [4.78, 5) is 31.3. The van der Waals surface area contributed by atoms with Gasteiger partial charge in [0.15, 0.2) is 5.65 Å². The lowest BCUT2D eigenvalue weighted by Gasteiger charge is -2.21. The molecule has 0 unspecified atom stereocenters. The van der Waals surface area contributed by atoms with Crippen molar-refractivity contribution in [3.8, 4) is 16.9 Å². The van der Waals surface area contributed by atoms with Gasteiger partial charge >= 0.3 is 5.69 Å². The van der Waals surface area contributed by atoms with E-state index in [9.17, 15) is 9.59 Å². The van der Waals surface area contributed by atoms with Gasteiger partial charge in [-0.1, -0.05) is 61.8 Å². The van der Waals surface area contributed by atoms with Crippen molar-refractivity contribution in [3.05, 3.63) is 97.7 Å². The van der Waals surface area contributed by atoms with Crippen molar-refractivity contribution < 1.29 is 4.74 Å². The van der Waals surface area contributed by atoms with E-state index < -0.39 is 11.2 Å². The molecule has 3 aromatic carbocycles. The van der Waals surface area contributed by atoms with E-state index in [0.717, 1.165) is 20.9 Å². The summed E-state index contributed by atoms with van der Waals surface area (Å²) in [7, 11) is 3.06. The van der Waals surface area contributed by atoms with Crippen LogP contribution in [0.4, 0.5) is 5.82 Å². The number of fused-ring (bicyclic) bond motifs is 2. The van der Waals surface area contributed by atoms with Crippen molar-refractivity contribution in [2.75, 3.05) is 11.9 Å². The number of hydrogen-bond donors (Lipinski definition) is 2. The Morgan fingerprint density at radius 3 is 2.48 bits per heavy atom. The number of nitrogens with one attached hydrogen (secondary N) is 1. The van der Waals surface area contributed by atoms with E-state index in [0.29, 0.717) is 46.4 Å². The maximum absolute atomic E-state index is 13.6. The second-order valence-corrected chi connectivity index (χ2v) is 10.7. The summed E-state index contributed by atoms with van der Waals surface area (Å²) in [5.41, 5.74) is 8.50. The van der Waals surface area contributed by atoms with E-state index in [4.69, 9.17) is 27.1 Å². The summed E-state index contributed by atoms with van der Waals surface area (Å²) in [5, 5.41) is 6.46. The highest BCUT2D eigenvalue weighted by Crippen LogP contribution is 2.40. The van der Waals surface area contributed by atoms with Gasteiger partial charge in [-0.3, -0.25) is 13.9 Å². The first-order valence-electron chi connectivity index (χ1n) is 13.2. The second kappa shape index (κ2) is 11.2. The highest BCUT2D eigenvalue weighted by Gasteiger charge is 2.24. The summed E-state index contributed by atoms with van der Waals surface area (Å²) in [6.45, 7) is 5.13. The van der Waals surface area contributed by atoms with E-state index in [1.165, 1.54) is 11.6 Å². The Balaban J connectivity index is 1.75. The van der Waals surface area contributed by atoms with Crippen LogP contribution in [0, 0.1) is 5.92 Å². The molecule has 9 heteroatoms. The second-order valence-electron chi connectivity index (χ2n) is 10.3. The van der Waals surface area contributed by atoms with Crippen molar-refractivity contribution in [1.82, 2.24) is 14.1 Å². The SMILES string of the molecule is CC(C)COc1ccc(Cl)cc1-c1c(CN)c(NCc2ccc3ccccc3c2)nc2c1c(=O)n(C)c(=O)n2C. The average molecular weight is 558 g/mol. The lowest BCUT2D eigenvalue weighted by Crippen LogP contribution is -2.38. The van der Waals surface area contributed by atoms with Crippen LogP contribution >= 0.6 is 11.6 Å². The third-order valence-electron chi connectivity index (χ3n) is 6.95. The molecule has 5 rings (SSSR count). The Kier molecular flexibility index (Phi) is 7.65. The van der Waals surface area contributed by atoms with Crippen molar-refractivity contribution in [1.29, 1.82) is 0 Å². The fourth-order valence-corrected chi connectivity index (χ4v) is 5.05. The number of benzene rings is 3. The predicted molar refractivity (Wildman–Crippen MR) is 162 cm³/mol. The van der Waals surface area contributed by atoms with Crippen LogP contribution in [0.1, 0.15) is 25.0 Å². The molecule has 0 bridgehead atoms. The maximum atomic E-state index is 13.6.